The number of hydrogen-bond acceptors (Lipinski definition) is 7. The number of carbonyl (C=O) groups excluding carboxylic acids is 4. The molecule has 0 unspecified atom stereocenters. The Morgan fingerprint density at radius 2 is 1.94 bits per heavy atom. The van der Waals surface area contributed by atoms with E-state index in [0.717, 1.165) is 17.7 Å². The van der Waals surface area contributed by atoms with Gasteiger partial charge in [-0.15, -0.1) is 0 Å². The number of para-hydroxylation sites is 2. The average molecular weight is 468 g/mol. The molecule has 0 bridgehead atoms. The SMILES string of the molecule is CCOC(=O)C1=C(C)Nc2ccccc2N=C1NC(=O)CN1C(=O)NC2(CCC(C)CC2)C1=O. The lowest BCUT2D eigenvalue weighted by molar-refractivity contribution is -0.138. The quantitative estimate of drug-likeness (QED) is 0.461. The lowest BCUT2D eigenvalue weighted by Crippen LogP contribution is -2.50. The van der Waals surface area contributed by atoms with Crippen molar-refractivity contribution in [2.24, 2.45) is 10.9 Å². The molecule has 2 heterocycles. The molecule has 1 saturated heterocycles. The Labute approximate surface area is 197 Å². The minimum atomic E-state index is -0.931. The van der Waals surface area contributed by atoms with Crippen molar-refractivity contribution in [3.63, 3.8) is 0 Å². The molecule has 34 heavy (non-hydrogen) atoms. The highest BCUT2D eigenvalue weighted by Crippen LogP contribution is 2.36. The number of anilines is 1. The summed E-state index contributed by atoms with van der Waals surface area (Å²) in [6.45, 7) is 5.15. The highest BCUT2D eigenvalue weighted by atomic mass is 16.5. The maximum absolute atomic E-state index is 13.1. The first kappa shape index (κ1) is 23.5. The molecule has 10 heteroatoms. The Hall–Kier alpha value is -3.69. The van der Waals surface area contributed by atoms with Gasteiger partial charge in [0.05, 0.1) is 18.0 Å². The molecule has 180 valence electrons. The predicted octanol–water partition coefficient (Wildman–Crippen LogP) is 2.60. The van der Waals surface area contributed by atoms with E-state index in [-0.39, 0.29) is 23.9 Å². The number of amides is 4. The van der Waals surface area contributed by atoms with Crippen molar-refractivity contribution in [2.45, 2.75) is 52.0 Å². The normalized spacial score (nSPS) is 24.1. The predicted molar refractivity (Wildman–Crippen MR) is 125 cm³/mol. The van der Waals surface area contributed by atoms with Gasteiger partial charge in [-0.25, -0.2) is 14.6 Å². The summed E-state index contributed by atoms with van der Waals surface area (Å²) < 4.78 is 5.17. The van der Waals surface area contributed by atoms with Gasteiger partial charge in [0.15, 0.2) is 0 Å². The first-order valence-corrected chi connectivity index (χ1v) is 11.5. The Kier molecular flexibility index (Phi) is 6.41. The number of aliphatic imine (C=N–C) groups is 1. The summed E-state index contributed by atoms with van der Waals surface area (Å²) in [5.74, 6) is -1.19. The number of amidine groups is 1. The number of fused-ring (bicyclic) bond motifs is 1. The van der Waals surface area contributed by atoms with Crippen LogP contribution in [0.1, 0.15) is 46.5 Å². The summed E-state index contributed by atoms with van der Waals surface area (Å²) in [4.78, 5) is 56.8. The van der Waals surface area contributed by atoms with E-state index in [9.17, 15) is 19.2 Å². The number of nitrogens with zero attached hydrogens (tertiary/aromatic N) is 2. The van der Waals surface area contributed by atoms with Gasteiger partial charge in [0.25, 0.3) is 5.91 Å². The number of ether oxygens (including phenoxy) is 1. The topological polar surface area (TPSA) is 129 Å². The molecule has 4 amide bonds. The van der Waals surface area contributed by atoms with E-state index >= 15 is 0 Å². The maximum atomic E-state index is 13.1. The van der Waals surface area contributed by atoms with Gasteiger partial charge in [-0.05, 0) is 57.6 Å². The van der Waals surface area contributed by atoms with Gasteiger partial charge in [-0.1, -0.05) is 19.1 Å². The van der Waals surface area contributed by atoms with E-state index in [0.29, 0.717) is 35.8 Å². The van der Waals surface area contributed by atoms with Crippen molar-refractivity contribution >= 4 is 41.0 Å². The van der Waals surface area contributed by atoms with Gasteiger partial charge in [0.1, 0.15) is 23.5 Å². The first-order chi connectivity index (χ1) is 16.2. The lowest BCUT2D eigenvalue weighted by Gasteiger charge is -2.33. The summed E-state index contributed by atoms with van der Waals surface area (Å²) in [7, 11) is 0. The van der Waals surface area contributed by atoms with Gasteiger partial charge in [0.2, 0.25) is 5.91 Å². The van der Waals surface area contributed by atoms with Crippen LogP contribution in [-0.2, 0) is 19.1 Å². The van der Waals surface area contributed by atoms with Gasteiger partial charge < -0.3 is 20.7 Å². The Morgan fingerprint density at radius 3 is 2.65 bits per heavy atom. The zero-order valence-corrected chi connectivity index (χ0v) is 19.6. The summed E-state index contributed by atoms with van der Waals surface area (Å²) in [5, 5.41) is 8.56. The number of allylic oxidation sites excluding steroid dienone is 1. The van der Waals surface area contributed by atoms with Crippen LogP contribution < -0.4 is 16.0 Å². The molecule has 3 aliphatic rings. The van der Waals surface area contributed by atoms with Crippen LogP contribution in [0.3, 0.4) is 0 Å². The van der Waals surface area contributed by atoms with Crippen LogP contribution in [0.2, 0.25) is 0 Å². The molecule has 0 aromatic heterocycles. The minimum absolute atomic E-state index is 0.00772. The van der Waals surface area contributed by atoms with Crippen LogP contribution in [0.4, 0.5) is 16.2 Å². The zero-order valence-electron chi connectivity index (χ0n) is 19.6. The molecule has 1 aliphatic carbocycles. The number of esters is 1. The summed E-state index contributed by atoms with van der Waals surface area (Å²) in [6, 6.07) is 6.56. The second-order valence-electron chi connectivity index (χ2n) is 8.96. The van der Waals surface area contributed by atoms with Crippen LogP contribution in [0.25, 0.3) is 0 Å². The molecule has 0 atom stereocenters. The maximum Gasteiger partial charge on any atom is 0.343 e. The highest BCUT2D eigenvalue weighted by Gasteiger charge is 2.52. The third kappa shape index (κ3) is 4.40. The molecular weight excluding hydrogens is 438 g/mol. The van der Waals surface area contributed by atoms with Crippen molar-refractivity contribution < 1.29 is 23.9 Å². The zero-order chi connectivity index (χ0) is 24.5. The monoisotopic (exact) mass is 467 g/mol. The smallest absolute Gasteiger partial charge is 0.343 e. The van der Waals surface area contributed by atoms with Crippen molar-refractivity contribution in [3.8, 4) is 0 Å². The van der Waals surface area contributed by atoms with Crippen molar-refractivity contribution in [1.29, 1.82) is 0 Å². The number of carbonyl (C=O) groups is 4. The van der Waals surface area contributed by atoms with Gasteiger partial charge in [-0.2, -0.15) is 0 Å². The van der Waals surface area contributed by atoms with Crippen molar-refractivity contribution in [3.05, 3.63) is 35.5 Å². The van der Waals surface area contributed by atoms with Crippen LogP contribution in [0, 0.1) is 5.92 Å². The standard InChI is InChI=1S/C24H29N5O5/c1-4-34-21(31)19-15(3)25-16-7-5-6-8-17(16)26-20(19)27-18(30)13-29-22(32)24(28-23(29)33)11-9-14(2)10-12-24/h5-8,14,25H,4,9-13H2,1-3H3,(H,28,33)(H,26,27,30). The summed E-state index contributed by atoms with van der Waals surface area (Å²) in [5.41, 5.74) is 0.767. The van der Waals surface area contributed by atoms with E-state index in [2.05, 4.69) is 27.9 Å². The second kappa shape index (κ2) is 9.28. The number of rotatable bonds is 4. The fourth-order valence-electron chi connectivity index (χ4n) is 4.57. The minimum Gasteiger partial charge on any atom is -0.462 e. The number of urea groups is 1. The Morgan fingerprint density at radius 1 is 1.24 bits per heavy atom. The fourth-order valence-corrected chi connectivity index (χ4v) is 4.57. The molecule has 1 aromatic rings. The van der Waals surface area contributed by atoms with Gasteiger partial charge >= 0.3 is 12.0 Å². The average Bonchev–Trinajstić information content (AvgIpc) is 2.92. The molecule has 2 fully saturated rings. The van der Waals surface area contributed by atoms with Gasteiger partial charge in [-0.3, -0.25) is 14.5 Å². The molecule has 1 saturated carbocycles. The molecular formula is C24H29N5O5. The third-order valence-corrected chi connectivity index (χ3v) is 6.48. The summed E-state index contributed by atoms with van der Waals surface area (Å²) in [6.07, 6.45) is 2.78. The van der Waals surface area contributed by atoms with Crippen molar-refractivity contribution in [1.82, 2.24) is 15.5 Å². The third-order valence-electron chi connectivity index (χ3n) is 6.48. The van der Waals surface area contributed by atoms with Crippen molar-refractivity contribution in [2.75, 3.05) is 18.5 Å². The lowest BCUT2D eigenvalue weighted by atomic mass is 9.77. The molecule has 1 aromatic carbocycles. The molecule has 2 aliphatic heterocycles. The Balaban J connectivity index is 1.56. The molecule has 0 radical (unpaired) electrons. The van der Waals surface area contributed by atoms with Crippen LogP contribution in [0.5, 0.6) is 0 Å². The molecule has 10 nitrogen and oxygen atoms in total. The molecule has 1 spiro atoms. The van der Waals surface area contributed by atoms with Gasteiger partial charge in [0, 0.05) is 5.70 Å². The number of benzene rings is 1. The van der Waals surface area contributed by atoms with Crippen LogP contribution >= 0.6 is 0 Å². The van der Waals surface area contributed by atoms with E-state index in [1.54, 1.807) is 32.0 Å². The number of imide groups is 1. The van der Waals surface area contributed by atoms with Crippen LogP contribution in [0.15, 0.2) is 40.5 Å². The second-order valence-corrected chi connectivity index (χ2v) is 8.96. The van der Waals surface area contributed by atoms with Crippen LogP contribution in [-0.4, -0.2) is 53.2 Å². The summed E-state index contributed by atoms with van der Waals surface area (Å²) >= 11 is 0. The van der Waals surface area contributed by atoms with E-state index < -0.39 is 30.0 Å². The van der Waals surface area contributed by atoms with E-state index in [4.69, 9.17) is 4.74 Å². The highest BCUT2D eigenvalue weighted by molar-refractivity contribution is 6.25. The Bertz CT molecular complexity index is 1100. The number of hydrogen-bond donors (Lipinski definition) is 3. The fraction of sp³-hybridized carbons (Fsp3) is 0.458. The van der Waals surface area contributed by atoms with E-state index in [1.807, 2.05) is 6.07 Å². The largest absolute Gasteiger partial charge is 0.462 e. The number of nitrogens with one attached hydrogen (secondary N) is 3. The molecule has 3 N–H and O–H groups in total. The van der Waals surface area contributed by atoms with E-state index in [1.165, 1.54) is 0 Å². The molecule has 4 rings (SSSR count). The first-order valence-electron chi connectivity index (χ1n) is 11.5.